The molecule has 1 saturated heterocycles. The summed E-state index contributed by atoms with van der Waals surface area (Å²) in [4.78, 5) is 6.90. The minimum atomic E-state index is -0.0955. The molecule has 2 aromatic heterocycles. The molecule has 0 radical (unpaired) electrons. The molecular formula is C29H30N4OS. The van der Waals surface area contributed by atoms with Gasteiger partial charge in [-0.25, -0.2) is 0 Å². The topological polar surface area (TPSA) is 42.3 Å². The number of anilines is 1. The average molecular weight is 483 g/mol. The first-order valence-electron chi connectivity index (χ1n) is 11.8. The number of methoxy groups -OCH3 is 1. The van der Waals surface area contributed by atoms with Crippen molar-refractivity contribution >= 4 is 23.0 Å². The van der Waals surface area contributed by atoms with Crippen molar-refractivity contribution in [3.05, 3.63) is 107 Å². The van der Waals surface area contributed by atoms with Crippen LogP contribution in [0.4, 0.5) is 5.69 Å². The van der Waals surface area contributed by atoms with Gasteiger partial charge in [0.2, 0.25) is 0 Å². The van der Waals surface area contributed by atoms with Crippen molar-refractivity contribution in [3.8, 4) is 11.4 Å². The van der Waals surface area contributed by atoms with Gasteiger partial charge in [-0.2, -0.15) is 0 Å². The zero-order valence-electron chi connectivity index (χ0n) is 20.7. The lowest BCUT2D eigenvalue weighted by molar-refractivity contribution is 0.415. The molecule has 2 atom stereocenters. The fraction of sp³-hybridized carbons (Fsp3) is 0.241. The molecule has 1 N–H and O–H groups in total. The summed E-state index contributed by atoms with van der Waals surface area (Å²) in [5, 5.41) is 4.24. The largest absolute Gasteiger partial charge is 0.497 e. The Bertz CT molecular complexity index is 1380. The van der Waals surface area contributed by atoms with E-state index in [0.29, 0.717) is 5.11 Å². The van der Waals surface area contributed by atoms with Crippen LogP contribution in [0, 0.1) is 27.7 Å². The van der Waals surface area contributed by atoms with Gasteiger partial charge in [-0.15, -0.1) is 0 Å². The highest BCUT2D eigenvalue weighted by atomic mass is 32.1. The van der Waals surface area contributed by atoms with Gasteiger partial charge in [-0.3, -0.25) is 4.98 Å². The summed E-state index contributed by atoms with van der Waals surface area (Å²) in [5.41, 5.74) is 9.31. The van der Waals surface area contributed by atoms with E-state index in [1.807, 2.05) is 36.5 Å². The van der Waals surface area contributed by atoms with Gasteiger partial charge in [0.1, 0.15) is 5.75 Å². The molecule has 5 nitrogen and oxygen atoms in total. The maximum absolute atomic E-state index is 5.91. The zero-order valence-corrected chi connectivity index (χ0v) is 21.6. The third kappa shape index (κ3) is 3.98. The van der Waals surface area contributed by atoms with Crippen LogP contribution in [0.15, 0.2) is 72.9 Å². The van der Waals surface area contributed by atoms with Gasteiger partial charge < -0.3 is 19.5 Å². The van der Waals surface area contributed by atoms with Crippen molar-refractivity contribution < 1.29 is 4.74 Å². The van der Waals surface area contributed by atoms with Crippen LogP contribution < -0.4 is 15.0 Å². The first kappa shape index (κ1) is 23.1. The third-order valence-electron chi connectivity index (χ3n) is 6.88. The van der Waals surface area contributed by atoms with Gasteiger partial charge in [0.05, 0.1) is 30.6 Å². The summed E-state index contributed by atoms with van der Waals surface area (Å²) < 4.78 is 7.90. The molecule has 0 amide bonds. The summed E-state index contributed by atoms with van der Waals surface area (Å²) in [5.74, 6) is 0.798. The maximum Gasteiger partial charge on any atom is 0.174 e. The number of benzene rings is 2. The van der Waals surface area contributed by atoms with Gasteiger partial charge in [0.15, 0.2) is 5.11 Å². The number of aromatic nitrogens is 2. The van der Waals surface area contributed by atoms with Crippen LogP contribution in [0.2, 0.25) is 0 Å². The van der Waals surface area contributed by atoms with Crippen LogP contribution in [-0.2, 0) is 0 Å². The standard InChI is InChI=1S/C29H30N4OS/c1-18-10-8-11-19(2)27(18)32-20(3)16-24(21(32)4)28-26(25-14-6-7-15-30-25)31-29(35)33(28)22-12-9-13-23(17-22)34-5/h6-17,26,28H,1-5H3,(H,31,35). The van der Waals surface area contributed by atoms with Crippen molar-refractivity contribution in [2.45, 2.75) is 39.8 Å². The molecule has 0 bridgehead atoms. The first-order chi connectivity index (χ1) is 16.9. The van der Waals surface area contributed by atoms with Crippen LogP contribution in [-0.4, -0.2) is 21.8 Å². The summed E-state index contributed by atoms with van der Waals surface area (Å²) in [6.07, 6.45) is 1.84. The Hall–Kier alpha value is -3.64. The Balaban J connectivity index is 1.71. The lowest BCUT2D eigenvalue weighted by Gasteiger charge is -2.28. The van der Waals surface area contributed by atoms with Crippen molar-refractivity contribution in [2.24, 2.45) is 0 Å². The molecular weight excluding hydrogens is 452 g/mol. The highest BCUT2D eigenvalue weighted by Crippen LogP contribution is 2.44. The third-order valence-corrected chi connectivity index (χ3v) is 7.20. The van der Waals surface area contributed by atoms with Crippen molar-refractivity contribution in [2.75, 3.05) is 12.0 Å². The predicted molar refractivity (Wildman–Crippen MR) is 146 cm³/mol. The molecule has 0 saturated carbocycles. The van der Waals surface area contributed by atoms with Crippen LogP contribution in [0.25, 0.3) is 5.69 Å². The molecule has 4 aromatic rings. The normalized spacial score (nSPS) is 17.5. The number of hydrogen-bond donors (Lipinski definition) is 1. The Morgan fingerprint density at radius 2 is 1.66 bits per heavy atom. The minimum absolute atomic E-state index is 0.0752. The highest BCUT2D eigenvalue weighted by molar-refractivity contribution is 7.80. The Kier molecular flexibility index (Phi) is 6.07. The molecule has 2 unspecified atom stereocenters. The number of thiocarbonyl (C=S) groups is 1. The van der Waals surface area contributed by atoms with Crippen LogP contribution in [0.5, 0.6) is 5.75 Å². The molecule has 0 aliphatic carbocycles. The van der Waals surface area contributed by atoms with Gasteiger partial charge in [0.25, 0.3) is 0 Å². The highest BCUT2D eigenvalue weighted by Gasteiger charge is 2.42. The lowest BCUT2D eigenvalue weighted by atomic mass is 9.96. The van der Waals surface area contributed by atoms with Crippen LogP contribution in [0.3, 0.4) is 0 Å². The van der Waals surface area contributed by atoms with Gasteiger partial charge >= 0.3 is 0 Å². The summed E-state index contributed by atoms with van der Waals surface area (Å²) in [6, 6.07) is 22.7. The minimum Gasteiger partial charge on any atom is -0.497 e. The molecule has 6 heteroatoms. The van der Waals surface area contributed by atoms with E-state index in [1.165, 1.54) is 33.8 Å². The van der Waals surface area contributed by atoms with E-state index >= 15 is 0 Å². The van der Waals surface area contributed by atoms with Crippen molar-refractivity contribution in [3.63, 3.8) is 0 Å². The average Bonchev–Trinajstić information content (AvgIpc) is 3.35. The second-order valence-corrected chi connectivity index (χ2v) is 9.49. The van der Waals surface area contributed by atoms with E-state index in [2.05, 4.69) is 78.9 Å². The number of ether oxygens (including phenoxy) is 1. The molecule has 1 aliphatic heterocycles. The Labute approximate surface area is 212 Å². The Morgan fingerprint density at radius 1 is 0.914 bits per heavy atom. The number of nitrogens with one attached hydrogen (secondary N) is 1. The fourth-order valence-corrected chi connectivity index (χ4v) is 5.64. The summed E-state index contributed by atoms with van der Waals surface area (Å²) in [6.45, 7) is 8.72. The van der Waals surface area contributed by atoms with E-state index in [1.54, 1.807) is 7.11 Å². The first-order valence-corrected chi connectivity index (χ1v) is 12.2. The second kappa shape index (κ2) is 9.19. The molecule has 35 heavy (non-hydrogen) atoms. The van der Waals surface area contributed by atoms with E-state index in [9.17, 15) is 0 Å². The van der Waals surface area contributed by atoms with Gasteiger partial charge in [0, 0.05) is 29.3 Å². The Morgan fingerprint density at radius 3 is 2.34 bits per heavy atom. The number of hydrogen-bond acceptors (Lipinski definition) is 3. The molecule has 178 valence electrons. The zero-order chi connectivity index (χ0) is 24.7. The smallest absolute Gasteiger partial charge is 0.174 e. The summed E-state index contributed by atoms with van der Waals surface area (Å²) in [7, 11) is 1.69. The van der Waals surface area contributed by atoms with Crippen LogP contribution >= 0.6 is 12.2 Å². The number of rotatable bonds is 5. The predicted octanol–water partition coefficient (Wildman–Crippen LogP) is 6.29. The van der Waals surface area contributed by atoms with Gasteiger partial charge in [-0.05, 0) is 86.9 Å². The quantitative estimate of drug-likeness (QED) is 0.339. The molecule has 5 rings (SSSR count). The van der Waals surface area contributed by atoms with Crippen molar-refractivity contribution in [1.82, 2.24) is 14.9 Å². The lowest BCUT2D eigenvalue weighted by Crippen LogP contribution is -2.29. The van der Waals surface area contributed by atoms with Gasteiger partial charge in [-0.1, -0.05) is 30.3 Å². The van der Waals surface area contributed by atoms with E-state index < -0.39 is 0 Å². The number of aryl methyl sites for hydroxylation is 3. The molecule has 1 fully saturated rings. The molecule has 2 aromatic carbocycles. The van der Waals surface area contributed by atoms with E-state index in [0.717, 1.165) is 17.1 Å². The van der Waals surface area contributed by atoms with Crippen LogP contribution in [0.1, 0.15) is 45.9 Å². The molecule has 1 aliphatic rings. The number of pyridine rings is 1. The fourth-order valence-electron chi connectivity index (χ4n) is 5.30. The molecule has 3 heterocycles. The van der Waals surface area contributed by atoms with Crippen molar-refractivity contribution in [1.29, 1.82) is 0 Å². The second-order valence-electron chi connectivity index (χ2n) is 9.10. The monoisotopic (exact) mass is 482 g/mol. The SMILES string of the molecule is COc1cccc(N2C(=S)NC(c3ccccn3)C2c2cc(C)n(-c3c(C)cccc3C)c2C)c1. The van der Waals surface area contributed by atoms with E-state index in [-0.39, 0.29) is 12.1 Å². The number of nitrogens with zero attached hydrogens (tertiary/aromatic N) is 3. The number of para-hydroxylation sites is 1. The summed E-state index contributed by atoms with van der Waals surface area (Å²) >= 11 is 5.91. The van der Waals surface area contributed by atoms with E-state index in [4.69, 9.17) is 21.9 Å². The molecule has 0 spiro atoms. The maximum atomic E-state index is 5.91.